The summed E-state index contributed by atoms with van der Waals surface area (Å²) in [5.41, 5.74) is 0.667. The fraction of sp³-hybridized carbons (Fsp3) is 0.650. The van der Waals surface area contributed by atoms with Crippen LogP contribution in [-0.4, -0.2) is 5.91 Å². The van der Waals surface area contributed by atoms with Crippen molar-refractivity contribution in [1.82, 2.24) is 0 Å². The predicted molar refractivity (Wildman–Crippen MR) is 106 cm³/mol. The molecule has 136 valence electrons. The SMILES string of the molecule is CCCCCCCCCCCCCC(=O)Nc1cc(Cl)cc(Cl)c1. The lowest BCUT2D eigenvalue weighted by Crippen LogP contribution is -2.11. The van der Waals surface area contributed by atoms with Crippen LogP contribution in [0.15, 0.2) is 18.2 Å². The highest BCUT2D eigenvalue weighted by Crippen LogP contribution is 2.22. The Kier molecular flexibility index (Phi) is 12.0. The summed E-state index contributed by atoms with van der Waals surface area (Å²) in [5, 5.41) is 3.92. The molecule has 0 aromatic heterocycles. The lowest BCUT2D eigenvalue weighted by Gasteiger charge is -2.06. The van der Waals surface area contributed by atoms with E-state index in [1.54, 1.807) is 18.2 Å². The summed E-state index contributed by atoms with van der Waals surface area (Å²) < 4.78 is 0. The van der Waals surface area contributed by atoms with Gasteiger partial charge in [0.1, 0.15) is 0 Å². The summed E-state index contributed by atoms with van der Waals surface area (Å²) in [6.07, 6.45) is 14.7. The lowest BCUT2D eigenvalue weighted by atomic mass is 10.1. The highest BCUT2D eigenvalue weighted by molar-refractivity contribution is 6.35. The van der Waals surface area contributed by atoms with E-state index in [9.17, 15) is 4.79 Å². The molecule has 0 aliphatic rings. The molecule has 1 aromatic carbocycles. The molecule has 1 aromatic rings. The van der Waals surface area contributed by atoms with E-state index in [2.05, 4.69) is 12.2 Å². The van der Waals surface area contributed by atoms with Gasteiger partial charge >= 0.3 is 0 Å². The van der Waals surface area contributed by atoms with Crippen LogP contribution in [0, 0.1) is 0 Å². The quantitative estimate of drug-likeness (QED) is 0.354. The Bertz CT molecular complexity index is 456. The summed E-state index contributed by atoms with van der Waals surface area (Å²) in [5.74, 6) is 0.0317. The number of nitrogens with one attached hydrogen (secondary N) is 1. The van der Waals surface area contributed by atoms with E-state index in [0.29, 0.717) is 22.2 Å². The van der Waals surface area contributed by atoms with Gasteiger partial charge in [-0.2, -0.15) is 0 Å². The first-order chi connectivity index (χ1) is 11.6. The Hall–Kier alpha value is -0.730. The Morgan fingerprint density at radius 2 is 1.25 bits per heavy atom. The molecule has 0 bridgehead atoms. The van der Waals surface area contributed by atoms with Gasteiger partial charge in [0.05, 0.1) is 0 Å². The summed E-state index contributed by atoms with van der Waals surface area (Å²) >= 11 is 11.8. The number of amides is 1. The van der Waals surface area contributed by atoms with Gasteiger partial charge in [-0.15, -0.1) is 0 Å². The van der Waals surface area contributed by atoms with Crippen LogP contribution in [0.2, 0.25) is 10.0 Å². The number of carbonyl (C=O) groups excluding carboxylic acids is 1. The van der Waals surface area contributed by atoms with Crippen molar-refractivity contribution >= 4 is 34.8 Å². The predicted octanol–water partition coefficient (Wildman–Crippen LogP) is 7.63. The molecule has 4 heteroatoms. The van der Waals surface area contributed by atoms with Crippen molar-refractivity contribution in [3.8, 4) is 0 Å². The minimum atomic E-state index is 0.0317. The highest BCUT2D eigenvalue weighted by Gasteiger charge is 2.04. The van der Waals surface area contributed by atoms with Crippen molar-refractivity contribution in [2.24, 2.45) is 0 Å². The van der Waals surface area contributed by atoms with Gasteiger partial charge < -0.3 is 5.32 Å². The molecule has 1 rings (SSSR count). The Morgan fingerprint density at radius 1 is 0.792 bits per heavy atom. The highest BCUT2D eigenvalue weighted by atomic mass is 35.5. The van der Waals surface area contributed by atoms with Gasteiger partial charge in [0, 0.05) is 22.2 Å². The van der Waals surface area contributed by atoms with Crippen LogP contribution in [0.3, 0.4) is 0 Å². The second-order valence-electron chi connectivity index (χ2n) is 6.49. The number of anilines is 1. The molecular weight excluding hydrogens is 341 g/mol. The van der Waals surface area contributed by atoms with E-state index in [1.165, 1.54) is 57.8 Å². The van der Waals surface area contributed by atoms with E-state index in [1.807, 2.05) is 0 Å². The molecule has 0 unspecified atom stereocenters. The van der Waals surface area contributed by atoms with E-state index in [0.717, 1.165) is 12.8 Å². The van der Waals surface area contributed by atoms with Gasteiger partial charge in [0.25, 0.3) is 0 Å². The third-order valence-electron chi connectivity index (χ3n) is 4.15. The second-order valence-corrected chi connectivity index (χ2v) is 7.36. The van der Waals surface area contributed by atoms with Crippen molar-refractivity contribution in [3.05, 3.63) is 28.2 Å². The molecule has 1 amide bonds. The van der Waals surface area contributed by atoms with Crippen LogP contribution in [0.4, 0.5) is 5.69 Å². The Labute approximate surface area is 157 Å². The van der Waals surface area contributed by atoms with Gasteiger partial charge in [0.15, 0.2) is 0 Å². The zero-order chi connectivity index (χ0) is 17.6. The maximum atomic E-state index is 11.9. The van der Waals surface area contributed by atoms with Crippen LogP contribution < -0.4 is 5.32 Å². The minimum absolute atomic E-state index is 0.0317. The molecule has 0 spiro atoms. The van der Waals surface area contributed by atoms with Crippen molar-refractivity contribution in [2.75, 3.05) is 5.32 Å². The van der Waals surface area contributed by atoms with Crippen molar-refractivity contribution in [3.63, 3.8) is 0 Å². The average Bonchev–Trinajstić information content (AvgIpc) is 2.51. The fourth-order valence-corrected chi connectivity index (χ4v) is 3.33. The van der Waals surface area contributed by atoms with Gasteiger partial charge in [-0.3, -0.25) is 4.79 Å². The molecule has 0 fully saturated rings. The first-order valence-electron chi connectivity index (χ1n) is 9.37. The smallest absolute Gasteiger partial charge is 0.224 e. The van der Waals surface area contributed by atoms with Crippen LogP contribution in [-0.2, 0) is 4.79 Å². The molecule has 0 radical (unpaired) electrons. The van der Waals surface area contributed by atoms with Crippen LogP contribution in [0.1, 0.15) is 84.0 Å². The molecule has 0 aliphatic carbocycles. The number of halogens is 2. The number of hydrogen-bond donors (Lipinski definition) is 1. The van der Waals surface area contributed by atoms with E-state index in [4.69, 9.17) is 23.2 Å². The zero-order valence-electron chi connectivity index (χ0n) is 14.9. The maximum Gasteiger partial charge on any atom is 0.224 e. The van der Waals surface area contributed by atoms with Gasteiger partial charge in [-0.1, -0.05) is 94.3 Å². The van der Waals surface area contributed by atoms with E-state index in [-0.39, 0.29) is 5.91 Å². The topological polar surface area (TPSA) is 29.1 Å². The Morgan fingerprint density at radius 3 is 1.75 bits per heavy atom. The molecule has 0 aliphatic heterocycles. The van der Waals surface area contributed by atoms with Crippen LogP contribution in [0.25, 0.3) is 0 Å². The molecule has 1 N–H and O–H groups in total. The third-order valence-corrected chi connectivity index (χ3v) is 4.59. The second kappa shape index (κ2) is 13.5. The van der Waals surface area contributed by atoms with E-state index >= 15 is 0 Å². The number of rotatable bonds is 13. The molecule has 0 saturated carbocycles. The van der Waals surface area contributed by atoms with Crippen molar-refractivity contribution < 1.29 is 4.79 Å². The number of hydrogen-bond acceptors (Lipinski definition) is 1. The summed E-state index contributed by atoms with van der Waals surface area (Å²) in [4.78, 5) is 11.9. The first kappa shape index (κ1) is 21.3. The summed E-state index contributed by atoms with van der Waals surface area (Å²) in [6, 6.07) is 5.08. The average molecular weight is 372 g/mol. The van der Waals surface area contributed by atoms with Gasteiger partial charge in [-0.25, -0.2) is 0 Å². The Balaban J connectivity index is 1.98. The van der Waals surface area contributed by atoms with Gasteiger partial charge in [0.2, 0.25) is 5.91 Å². The first-order valence-corrected chi connectivity index (χ1v) is 10.1. The number of carbonyl (C=O) groups is 1. The summed E-state index contributed by atoms with van der Waals surface area (Å²) in [7, 11) is 0. The lowest BCUT2D eigenvalue weighted by molar-refractivity contribution is -0.116. The molecular formula is C20H31Cl2NO. The van der Waals surface area contributed by atoms with Crippen LogP contribution in [0.5, 0.6) is 0 Å². The standard InChI is InChI=1S/C20H31Cl2NO/c1-2-3-4-5-6-7-8-9-10-11-12-13-20(24)23-19-15-17(21)14-18(22)16-19/h14-16H,2-13H2,1H3,(H,23,24). The third kappa shape index (κ3) is 10.9. The molecule has 24 heavy (non-hydrogen) atoms. The number of unbranched alkanes of at least 4 members (excludes halogenated alkanes) is 10. The zero-order valence-corrected chi connectivity index (χ0v) is 16.4. The molecule has 0 atom stereocenters. The fourth-order valence-electron chi connectivity index (χ4n) is 2.80. The van der Waals surface area contributed by atoms with Gasteiger partial charge in [-0.05, 0) is 24.6 Å². The largest absolute Gasteiger partial charge is 0.326 e. The summed E-state index contributed by atoms with van der Waals surface area (Å²) in [6.45, 7) is 2.25. The molecule has 2 nitrogen and oxygen atoms in total. The van der Waals surface area contributed by atoms with Crippen molar-refractivity contribution in [1.29, 1.82) is 0 Å². The minimum Gasteiger partial charge on any atom is -0.326 e. The molecule has 0 saturated heterocycles. The van der Waals surface area contributed by atoms with Crippen molar-refractivity contribution in [2.45, 2.75) is 84.0 Å². The van der Waals surface area contributed by atoms with E-state index < -0.39 is 0 Å². The van der Waals surface area contributed by atoms with Crippen LogP contribution >= 0.6 is 23.2 Å². The monoisotopic (exact) mass is 371 g/mol. The number of benzene rings is 1. The molecule has 0 heterocycles. The maximum absolute atomic E-state index is 11.9. The normalized spacial score (nSPS) is 10.8.